The molecule has 61 heavy (non-hydrogen) atoms. The Balaban J connectivity index is 1.60. The van der Waals surface area contributed by atoms with Crippen molar-refractivity contribution in [3.05, 3.63) is 42.1 Å². The third-order valence-corrected chi connectivity index (χ3v) is 13.3. The number of ether oxygens (including phenoxy) is 5. The van der Waals surface area contributed by atoms with Crippen LogP contribution in [0.4, 0.5) is 5.82 Å². The summed E-state index contributed by atoms with van der Waals surface area (Å²) in [5.74, 6) is -5.07. The number of carbonyl (C=O) groups is 3. The highest BCUT2D eigenvalue weighted by Crippen LogP contribution is 2.40. The van der Waals surface area contributed by atoms with Gasteiger partial charge in [0.1, 0.15) is 35.8 Å². The molecular formula is C43H61IN6O11. The predicted molar refractivity (Wildman–Crippen MR) is 234 cm³/mol. The maximum atomic E-state index is 14.4. The van der Waals surface area contributed by atoms with Crippen molar-refractivity contribution >= 4 is 57.5 Å². The van der Waals surface area contributed by atoms with Gasteiger partial charge in [-0.1, -0.05) is 38.1 Å². The first-order valence-electron chi connectivity index (χ1n) is 20.6. The van der Waals surface area contributed by atoms with Gasteiger partial charge in [-0.25, -0.2) is 9.98 Å². The van der Waals surface area contributed by atoms with Gasteiger partial charge in [-0.2, -0.15) is 0 Å². The van der Waals surface area contributed by atoms with E-state index in [1.54, 1.807) is 45.2 Å². The first-order valence-corrected chi connectivity index (χ1v) is 21.8. The fraction of sp³-hybridized carbons (Fsp3) is 0.651. The third-order valence-electron chi connectivity index (χ3n) is 11.8. The molecule has 5 rings (SSSR count). The summed E-state index contributed by atoms with van der Waals surface area (Å²) in [6, 6.07) is 8.60. The zero-order valence-corrected chi connectivity index (χ0v) is 38.8. The molecule has 5 heterocycles. The van der Waals surface area contributed by atoms with Crippen LogP contribution >= 0.6 is 22.6 Å². The lowest BCUT2D eigenvalue weighted by Crippen LogP contribution is -2.60. The van der Waals surface area contributed by atoms with E-state index < -0.39 is 81.2 Å². The lowest BCUT2D eigenvalue weighted by Gasteiger charge is -2.47. The van der Waals surface area contributed by atoms with Gasteiger partial charge < -0.3 is 49.4 Å². The number of ketones is 1. The number of rotatable bonds is 7. The zero-order chi connectivity index (χ0) is 45.0. The van der Waals surface area contributed by atoms with Gasteiger partial charge in [0, 0.05) is 42.3 Å². The Bertz CT molecular complexity index is 1930. The number of aromatic nitrogens is 2. The number of pyridine rings is 2. The zero-order valence-electron chi connectivity index (χ0n) is 36.6. The molecule has 2 aromatic rings. The fourth-order valence-electron chi connectivity index (χ4n) is 8.47. The molecule has 13 atom stereocenters. The second-order valence-corrected chi connectivity index (χ2v) is 18.4. The molecule has 3 aliphatic heterocycles. The molecule has 0 aliphatic carbocycles. The quantitative estimate of drug-likeness (QED) is 0.117. The molecule has 1 amide bonds. The van der Waals surface area contributed by atoms with E-state index in [0.29, 0.717) is 34.9 Å². The van der Waals surface area contributed by atoms with Crippen LogP contribution in [0.5, 0.6) is 0 Å². The maximum Gasteiger partial charge on any atom is 0.317 e. The number of nitrogen functional groups attached to an aromatic ring is 1. The number of esters is 1. The van der Waals surface area contributed by atoms with E-state index in [2.05, 4.69) is 20.1 Å². The summed E-state index contributed by atoms with van der Waals surface area (Å²) in [7, 11) is 3.72. The van der Waals surface area contributed by atoms with E-state index in [-0.39, 0.29) is 44.1 Å². The van der Waals surface area contributed by atoms with Crippen LogP contribution in [0.15, 0.2) is 46.7 Å². The number of nitrogens with zero attached hydrogens (tertiary/aromatic N) is 5. The van der Waals surface area contributed by atoms with Crippen molar-refractivity contribution in [3.8, 4) is 11.4 Å². The molecule has 18 heteroatoms. The summed E-state index contributed by atoms with van der Waals surface area (Å²) in [5, 5.41) is 28.4. The molecule has 3 aliphatic rings. The molecule has 0 saturated carbocycles. The average Bonchev–Trinajstić information content (AvgIpc) is 3.21. The van der Waals surface area contributed by atoms with Crippen LogP contribution in [0.3, 0.4) is 0 Å². The van der Waals surface area contributed by atoms with Crippen LogP contribution in [-0.4, -0.2) is 134 Å². The van der Waals surface area contributed by atoms with Gasteiger partial charge in [-0.15, -0.1) is 0 Å². The number of likely N-dealkylation sites (N-methyl/N-ethyl adjacent to an activating group) is 1. The van der Waals surface area contributed by atoms with Crippen LogP contribution in [0.1, 0.15) is 73.8 Å². The molecule has 0 aromatic carbocycles. The fourth-order valence-corrected chi connectivity index (χ4v) is 9.08. The largest absolute Gasteiger partial charge is 0.448 e. The monoisotopic (exact) mass is 964 g/mol. The average molecular weight is 965 g/mol. The summed E-state index contributed by atoms with van der Waals surface area (Å²) in [5.41, 5.74) is 5.16. The van der Waals surface area contributed by atoms with Crippen LogP contribution in [-0.2, 0) is 49.5 Å². The van der Waals surface area contributed by atoms with Gasteiger partial charge in [0.15, 0.2) is 16.2 Å². The number of Topliss-reactive ketones (excluding diaryl/α,β-unsaturated/α-hetero) is 1. The van der Waals surface area contributed by atoms with Crippen molar-refractivity contribution in [1.82, 2.24) is 14.9 Å². The Morgan fingerprint density at radius 2 is 1.79 bits per heavy atom. The van der Waals surface area contributed by atoms with Gasteiger partial charge >= 0.3 is 5.97 Å². The van der Waals surface area contributed by atoms with Crippen molar-refractivity contribution in [2.24, 2.45) is 33.8 Å². The molecule has 2 aromatic heterocycles. The number of hydrogen-bond donors (Lipinski definition) is 3. The third kappa shape index (κ3) is 11.6. The van der Waals surface area contributed by atoms with E-state index in [1.165, 1.54) is 20.8 Å². The van der Waals surface area contributed by atoms with Gasteiger partial charge in [0.2, 0.25) is 5.91 Å². The number of aliphatic imine (C=N–C) groups is 1. The molecule has 0 radical (unpaired) electrons. The van der Waals surface area contributed by atoms with Gasteiger partial charge in [-0.3, -0.25) is 19.4 Å². The molecule has 0 spiro atoms. The maximum absolute atomic E-state index is 14.4. The molecular weight excluding hydrogens is 903 g/mol. The van der Waals surface area contributed by atoms with Crippen molar-refractivity contribution < 1.29 is 53.1 Å². The van der Waals surface area contributed by atoms with Crippen LogP contribution in [0, 0.1) is 23.7 Å². The first kappa shape index (κ1) is 48.5. The summed E-state index contributed by atoms with van der Waals surface area (Å²) in [4.78, 5) is 62.0. The van der Waals surface area contributed by atoms with Crippen molar-refractivity contribution in [2.45, 2.75) is 127 Å². The number of carbonyl (C=O) groups excluding carboxylic acids is 3. The van der Waals surface area contributed by atoms with E-state index >= 15 is 0 Å². The first-order chi connectivity index (χ1) is 28.6. The highest BCUT2D eigenvalue weighted by Gasteiger charge is 2.53. The van der Waals surface area contributed by atoms with E-state index in [1.807, 2.05) is 67.6 Å². The second kappa shape index (κ2) is 20.3. The highest BCUT2D eigenvalue weighted by molar-refractivity contribution is 14.1. The normalized spacial score (nSPS) is 37.1. The van der Waals surface area contributed by atoms with Crippen molar-refractivity contribution in [2.75, 3.05) is 33.0 Å². The smallest absolute Gasteiger partial charge is 0.317 e. The number of aliphatic hydroxyl groups excluding tert-OH is 1. The lowest BCUT2D eigenvalue weighted by molar-refractivity contribution is -0.296. The van der Waals surface area contributed by atoms with Gasteiger partial charge in [-0.05, 0) is 101 Å². The molecule has 0 unspecified atom stereocenters. The Kier molecular flexibility index (Phi) is 16.2. The number of amides is 1. The summed E-state index contributed by atoms with van der Waals surface area (Å²) >= 11 is 1.82. The Morgan fingerprint density at radius 1 is 1.07 bits per heavy atom. The Hall–Kier alpha value is -3.50. The van der Waals surface area contributed by atoms with Crippen molar-refractivity contribution in [3.63, 3.8) is 0 Å². The van der Waals surface area contributed by atoms with Gasteiger partial charge in [0.25, 0.3) is 0 Å². The molecule has 17 nitrogen and oxygen atoms in total. The number of cyclic esters (lactones) is 1. The van der Waals surface area contributed by atoms with E-state index in [9.17, 15) is 24.6 Å². The number of halogens is 1. The van der Waals surface area contributed by atoms with Crippen LogP contribution in [0.25, 0.3) is 11.4 Å². The number of nitrogens with two attached hydrogens (primary N) is 1. The Morgan fingerprint density at radius 3 is 2.43 bits per heavy atom. The van der Waals surface area contributed by atoms with Crippen molar-refractivity contribution in [1.29, 1.82) is 0 Å². The molecule has 3 saturated heterocycles. The predicted octanol–water partition coefficient (Wildman–Crippen LogP) is 4.14. The van der Waals surface area contributed by atoms with Crippen LogP contribution in [0.2, 0.25) is 0 Å². The molecule has 336 valence electrons. The van der Waals surface area contributed by atoms with E-state index in [4.69, 9.17) is 34.3 Å². The second-order valence-electron chi connectivity index (χ2n) is 17.2. The number of fused-ring (bicyclic) bond motifs is 5. The highest BCUT2D eigenvalue weighted by atomic mass is 127. The minimum Gasteiger partial charge on any atom is -0.448 e. The number of anilines is 1. The number of aliphatic hydroxyl groups is 2. The number of alkyl halides is 1. The minimum atomic E-state index is -1.89. The Labute approximate surface area is 371 Å². The lowest BCUT2D eigenvalue weighted by atomic mass is 9.74. The summed E-state index contributed by atoms with van der Waals surface area (Å²) < 4.78 is 31.0. The van der Waals surface area contributed by atoms with Crippen LogP contribution < -0.4 is 5.73 Å². The molecule has 3 fully saturated rings. The van der Waals surface area contributed by atoms with Gasteiger partial charge in [0.05, 0.1) is 48.5 Å². The number of hydrogen-bond acceptors (Lipinski definition) is 16. The number of oxime groups is 1. The molecule has 4 N–H and O–H groups in total. The topological polar surface area (TPSA) is 227 Å². The SMILES string of the molecule is CC(=O)N=C1[C@H](C)C[C@@]2(C)OC/C(=N/OCc3ccc(-c4cccc(N)n4)nc3)CO[C@H]([C@H]1C)[C@](C)(O)[C@@H](I)OC(=O)[C@H](C)C(=O)[C@H](C)[C@H]2O[C@@H]1O[C@H](C)C[C@H](N(C)C)[C@H]1O. The molecule has 2 bridgehead atoms. The van der Waals surface area contributed by atoms with E-state index in [0.717, 1.165) is 0 Å². The summed E-state index contributed by atoms with van der Waals surface area (Å²) in [6.07, 6.45) is -2.61. The standard InChI is InChI=1S/C43H61IN6O11/c1-22-17-42(7)37(60-40-36(53)32(50(9)10)16-23(2)59-40)25(4)35(52)26(5)39(54)61-41(44)43(8,55)38(24(3)34(22)47-27(6)51)56-20-29(21-57-42)49-58-19-28-14-15-30(46-18-28)31-12-11-13-33(45)48-31/h11-15,18,22-26,32,36-38,40-41,53,55H,16-17,19-21H2,1-10H3,(H2,45,48)/b47-34?,49-29+/t22-,23-,24+,25+,26-,32+,36-,37-,38-,40+,41+,42-,43+/m1/s1. The minimum absolute atomic E-state index is 0.0193. The summed E-state index contributed by atoms with van der Waals surface area (Å²) in [6.45, 7) is 12.8.